The van der Waals surface area contributed by atoms with Crippen LogP contribution in [-0.4, -0.2) is 16.1 Å². The van der Waals surface area contributed by atoms with Gasteiger partial charge in [-0.3, -0.25) is 4.79 Å². The Labute approximate surface area is 94.1 Å². The van der Waals surface area contributed by atoms with E-state index in [0.717, 1.165) is 5.69 Å². The lowest BCUT2D eigenvalue weighted by Gasteiger charge is -2.17. The molecule has 0 aliphatic heterocycles. The Bertz CT molecular complexity index is 377. The third-order valence-corrected chi connectivity index (χ3v) is 2.59. The maximum Gasteiger partial charge on any atom is 0.311 e. The van der Waals surface area contributed by atoms with E-state index in [2.05, 4.69) is 4.98 Å². The average Bonchev–Trinajstić information content (AvgIpc) is 2.08. The van der Waals surface area contributed by atoms with Crippen molar-refractivity contribution in [2.24, 2.45) is 5.92 Å². The van der Waals surface area contributed by atoms with Crippen LogP contribution in [0.15, 0.2) is 12.1 Å². The molecule has 82 valence electrons. The number of rotatable bonds is 3. The first-order valence-corrected chi connectivity index (χ1v) is 5.17. The van der Waals surface area contributed by atoms with E-state index < -0.39 is 11.9 Å². The molecule has 0 fully saturated rings. The topological polar surface area (TPSA) is 50.2 Å². The molecule has 0 amide bonds. The van der Waals surface area contributed by atoms with E-state index in [-0.39, 0.29) is 11.1 Å². The minimum absolute atomic E-state index is 0.00972. The molecule has 0 radical (unpaired) electrons. The standard InChI is InChI=1S/C11H14ClNO2/c1-6(2)9(11(14)15)8-5-4-7(3)13-10(8)12/h4-6,9H,1-3H3,(H,14,15). The van der Waals surface area contributed by atoms with Crippen LogP contribution in [0.4, 0.5) is 0 Å². The van der Waals surface area contributed by atoms with Gasteiger partial charge >= 0.3 is 5.97 Å². The van der Waals surface area contributed by atoms with Gasteiger partial charge in [-0.25, -0.2) is 4.98 Å². The van der Waals surface area contributed by atoms with Gasteiger partial charge in [-0.2, -0.15) is 0 Å². The second-order valence-electron chi connectivity index (χ2n) is 3.89. The molecule has 0 spiro atoms. The zero-order valence-corrected chi connectivity index (χ0v) is 9.75. The third kappa shape index (κ3) is 2.69. The minimum atomic E-state index is -0.863. The molecule has 1 unspecified atom stereocenters. The highest BCUT2D eigenvalue weighted by Gasteiger charge is 2.26. The van der Waals surface area contributed by atoms with Crippen LogP contribution in [0.2, 0.25) is 5.15 Å². The molecule has 4 heteroatoms. The van der Waals surface area contributed by atoms with Crippen LogP contribution in [0.25, 0.3) is 0 Å². The number of hydrogen-bond donors (Lipinski definition) is 1. The SMILES string of the molecule is Cc1ccc(C(C(=O)O)C(C)C)c(Cl)n1. The number of aliphatic carboxylic acids is 1. The fourth-order valence-corrected chi connectivity index (χ4v) is 1.86. The van der Waals surface area contributed by atoms with Crippen LogP contribution >= 0.6 is 11.6 Å². The van der Waals surface area contributed by atoms with Crippen LogP contribution in [0.3, 0.4) is 0 Å². The Kier molecular flexibility index (Phi) is 3.69. The van der Waals surface area contributed by atoms with Crippen molar-refractivity contribution in [1.82, 2.24) is 4.98 Å². The monoisotopic (exact) mass is 227 g/mol. The molecular weight excluding hydrogens is 214 g/mol. The number of halogens is 1. The fraction of sp³-hybridized carbons (Fsp3) is 0.455. The summed E-state index contributed by atoms with van der Waals surface area (Å²) in [6, 6.07) is 3.52. The molecule has 1 heterocycles. The van der Waals surface area contributed by atoms with E-state index in [1.807, 2.05) is 20.8 Å². The summed E-state index contributed by atoms with van der Waals surface area (Å²) in [5.74, 6) is -1.47. The Morgan fingerprint density at radius 1 is 1.47 bits per heavy atom. The number of aromatic nitrogens is 1. The van der Waals surface area contributed by atoms with E-state index in [9.17, 15) is 4.79 Å². The Morgan fingerprint density at radius 3 is 2.47 bits per heavy atom. The number of aryl methyl sites for hydroxylation is 1. The highest BCUT2D eigenvalue weighted by Crippen LogP contribution is 2.29. The molecule has 1 N–H and O–H groups in total. The van der Waals surface area contributed by atoms with Crippen LogP contribution in [0, 0.1) is 12.8 Å². The normalized spacial score (nSPS) is 12.9. The van der Waals surface area contributed by atoms with E-state index in [4.69, 9.17) is 16.7 Å². The largest absolute Gasteiger partial charge is 0.481 e. The van der Waals surface area contributed by atoms with E-state index >= 15 is 0 Å². The van der Waals surface area contributed by atoms with Crippen LogP contribution in [-0.2, 0) is 4.79 Å². The summed E-state index contributed by atoms with van der Waals surface area (Å²) in [6.45, 7) is 5.53. The van der Waals surface area contributed by atoms with Gasteiger partial charge in [0, 0.05) is 11.3 Å². The Morgan fingerprint density at radius 2 is 2.07 bits per heavy atom. The molecule has 0 aliphatic carbocycles. The van der Waals surface area contributed by atoms with Gasteiger partial charge in [-0.05, 0) is 18.9 Å². The first-order chi connectivity index (χ1) is 6.93. The van der Waals surface area contributed by atoms with E-state index in [0.29, 0.717) is 5.56 Å². The lowest BCUT2D eigenvalue weighted by molar-refractivity contribution is -0.139. The number of hydrogen-bond acceptors (Lipinski definition) is 2. The van der Waals surface area contributed by atoms with Crippen LogP contribution in [0.5, 0.6) is 0 Å². The molecule has 1 aromatic heterocycles. The molecule has 1 aromatic rings. The van der Waals surface area contributed by atoms with Gasteiger partial charge in [-0.15, -0.1) is 0 Å². The number of carbonyl (C=O) groups is 1. The van der Waals surface area contributed by atoms with E-state index in [1.165, 1.54) is 0 Å². The molecule has 1 atom stereocenters. The highest BCUT2D eigenvalue weighted by molar-refractivity contribution is 6.30. The summed E-state index contributed by atoms with van der Waals surface area (Å²) in [4.78, 5) is 15.2. The van der Waals surface area contributed by atoms with Gasteiger partial charge in [0.05, 0.1) is 5.92 Å². The van der Waals surface area contributed by atoms with Crippen molar-refractivity contribution in [3.8, 4) is 0 Å². The second kappa shape index (κ2) is 4.62. The van der Waals surface area contributed by atoms with Gasteiger partial charge in [0.25, 0.3) is 0 Å². The predicted molar refractivity (Wildman–Crippen MR) is 59.2 cm³/mol. The summed E-state index contributed by atoms with van der Waals surface area (Å²) in [7, 11) is 0. The summed E-state index contributed by atoms with van der Waals surface area (Å²) in [6.07, 6.45) is 0. The third-order valence-electron chi connectivity index (χ3n) is 2.28. The van der Waals surface area contributed by atoms with Gasteiger partial charge < -0.3 is 5.11 Å². The number of carboxylic acids is 1. The number of carboxylic acid groups (broad SMARTS) is 1. The van der Waals surface area contributed by atoms with Gasteiger partial charge in [-0.1, -0.05) is 31.5 Å². The fourth-order valence-electron chi connectivity index (χ4n) is 1.55. The lowest BCUT2D eigenvalue weighted by atomic mass is 9.89. The van der Waals surface area contributed by atoms with Gasteiger partial charge in [0.1, 0.15) is 5.15 Å². The maximum absolute atomic E-state index is 11.1. The summed E-state index contributed by atoms with van der Waals surface area (Å²) in [5.41, 5.74) is 1.38. The number of nitrogens with zero attached hydrogens (tertiary/aromatic N) is 1. The first-order valence-electron chi connectivity index (χ1n) is 4.79. The number of pyridine rings is 1. The van der Waals surface area contributed by atoms with Crippen molar-refractivity contribution >= 4 is 17.6 Å². The maximum atomic E-state index is 11.1. The van der Waals surface area contributed by atoms with Gasteiger partial charge in [0.2, 0.25) is 0 Å². The Hall–Kier alpha value is -1.09. The lowest BCUT2D eigenvalue weighted by Crippen LogP contribution is -2.18. The van der Waals surface area contributed by atoms with Crippen molar-refractivity contribution in [2.45, 2.75) is 26.7 Å². The zero-order chi connectivity index (χ0) is 11.6. The highest BCUT2D eigenvalue weighted by atomic mass is 35.5. The predicted octanol–water partition coefficient (Wildman–Crippen LogP) is 2.87. The van der Waals surface area contributed by atoms with Gasteiger partial charge in [0.15, 0.2) is 0 Å². The quantitative estimate of drug-likeness (QED) is 0.808. The summed E-state index contributed by atoms with van der Waals surface area (Å²) >= 11 is 5.94. The van der Waals surface area contributed by atoms with Crippen LogP contribution in [0.1, 0.15) is 31.0 Å². The van der Waals surface area contributed by atoms with Crippen molar-refractivity contribution in [3.05, 3.63) is 28.5 Å². The molecule has 0 saturated carbocycles. The molecule has 15 heavy (non-hydrogen) atoms. The molecule has 1 rings (SSSR count). The molecule has 0 aromatic carbocycles. The second-order valence-corrected chi connectivity index (χ2v) is 4.25. The molecular formula is C11H14ClNO2. The van der Waals surface area contributed by atoms with Crippen molar-refractivity contribution < 1.29 is 9.90 Å². The van der Waals surface area contributed by atoms with Crippen molar-refractivity contribution in [1.29, 1.82) is 0 Å². The molecule has 0 aliphatic rings. The summed E-state index contributed by atoms with van der Waals surface area (Å²) in [5, 5.41) is 9.39. The first kappa shape index (κ1) is 12.0. The molecule has 0 bridgehead atoms. The van der Waals surface area contributed by atoms with Crippen LogP contribution < -0.4 is 0 Å². The minimum Gasteiger partial charge on any atom is -0.481 e. The van der Waals surface area contributed by atoms with Crippen molar-refractivity contribution in [3.63, 3.8) is 0 Å². The smallest absolute Gasteiger partial charge is 0.311 e. The molecule has 3 nitrogen and oxygen atoms in total. The Balaban J connectivity index is 3.17. The molecule has 0 saturated heterocycles. The van der Waals surface area contributed by atoms with Crippen molar-refractivity contribution in [2.75, 3.05) is 0 Å². The van der Waals surface area contributed by atoms with E-state index in [1.54, 1.807) is 12.1 Å². The zero-order valence-electron chi connectivity index (χ0n) is 8.99. The summed E-state index contributed by atoms with van der Waals surface area (Å²) < 4.78 is 0. The average molecular weight is 228 g/mol.